The van der Waals surface area contributed by atoms with Gasteiger partial charge in [0.2, 0.25) is 0 Å². The van der Waals surface area contributed by atoms with Crippen molar-refractivity contribution in [2.45, 2.75) is 24.9 Å². The molecule has 3 rings (SSSR count). The third-order valence-electron chi connectivity index (χ3n) is 4.25. The van der Waals surface area contributed by atoms with Gasteiger partial charge >= 0.3 is 6.61 Å². The number of aryl methyl sites for hydroxylation is 1. The zero-order valence-electron chi connectivity index (χ0n) is 14.8. The molecule has 3 aromatic rings. The summed E-state index contributed by atoms with van der Waals surface area (Å²) in [5.41, 5.74) is 1.79. The van der Waals surface area contributed by atoms with Gasteiger partial charge in [-0.05, 0) is 36.8 Å². The highest BCUT2D eigenvalue weighted by molar-refractivity contribution is 7.90. The number of hydrogen-bond donors (Lipinski definition) is 0. The van der Waals surface area contributed by atoms with Crippen molar-refractivity contribution in [2.24, 2.45) is 0 Å². The highest BCUT2D eigenvalue weighted by Gasteiger charge is 2.20. The number of aromatic nitrogens is 1. The van der Waals surface area contributed by atoms with Crippen LogP contribution in [0, 0.1) is 6.92 Å². The summed E-state index contributed by atoms with van der Waals surface area (Å²) in [4.78, 5) is 4.50. The van der Waals surface area contributed by atoms with Gasteiger partial charge in [-0.3, -0.25) is 4.98 Å². The fraction of sp³-hybridized carbons (Fsp3) is 0.211. The summed E-state index contributed by atoms with van der Waals surface area (Å²) in [7, 11) is -3.42. The molecular weight excluding hydrogens is 431 g/mol. The first kappa shape index (κ1) is 20.8. The Hall–Kier alpha value is -1.96. The second kappa shape index (κ2) is 7.81. The van der Waals surface area contributed by atoms with Crippen molar-refractivity contribution in [1.29, 1.82) is 0 Å². The number of rotatable bonds is 5. The SMILES string of the molecule is Cc1nc2c(Cl)cccc2c(OC(F)F)c1Cc1ccc(S(C)(=O)=O)cc1Cl. The van der Waals surface area contributed by atoms with E-state index in [4.69, 9.17) is 27.9 Å². The topological polar surface area (TPSA) is 56.3 Å². The summed E-state index contributed by atoms with van der Waals surface area (Å²) in [6.45, 7) is -1.37. The number of para-hydroxylation sites is 1. The first-order chi connectivity index (χ1) is 13.1. The van der Waals surface area contributed by atoms with E-state index in [0.29, 0.717) is 32.7 Å². The van der Waals surface area contributed by atoms with Crippen molar-refractivity contribution < 1.29 is 21.9 Å². The van der Waals surface area contributed by atoms with E-state index < -0.39 is 16.4 Å². The molecule has 0 unspecified atom stereocenters. The monoisotopic (exact) mass is 445 g/mol. The van der Waals surface area contributed by atoms with Crippen molar-refractivity contribution in [2.75, 3.05) is 6.26 Å². The molecule has 0 aliphatic rings. The number of benzene rings is 2. The van der Waals surface area contributed by atoms with Gasteiger partial charge in [0.15, 0.2) is 9.84 Å². The number of sulfone groups is 1. The Bertz CT molecular complexity index is 1170. The van der Waals surface area contributed by atoms with E-state index in [1.807, 2.05) is 0 Å². The van der Waals surface area contributed by atoms with Gasteiger partial charge in [-0.2, -0.15) is 8.78 Å². The van der Waals surface area contributed by atoms with Crippen LogP contribution in [0.5, 0.6) is 5.75 Å². The van der Waals surface area contributed by atoms with E-state index in [1.165, 1.54) is 12.1 Å². The molecule has 0 amide bonds. The van der Waals surface area contributed by atoms with Crippen LogP contribution in [0.1, 0.15) is 16.8 Å². The molecule has 0 atom stereocenters. The second-order valence-electron chi connectivity index (χ2n) is 6.22. The normalized spacial score (nSPS) is 12.0. The van der Waals surface area contributed by atoms with E-state index in [2.05, 4.69) is 4.98 Å². The third kappa shape index (κ3) is 4.21. The van der Waals surface area contributed by atoms with Crippen molar-refractivity contribution in [3.63, 3.8) is 0 Å². The fourth-order valence-electron chi connectivity index (χ4n) is 2.90. The summed E-state index contributed by atoms with van der Waals surface area (Å²) in [5, 5.41) is 0.885. The van der Waals surface area contributed by atoms with Crippen LogP contribution >= 0.6 is 23.2 Å². The van der Waals surface area contributed by atoms with Gasteiger partial charge in [0.1, 0.15) is 5.75 Å². The quantitative estimate of drug-likeness (QED) is 0.524. The summed E-state index contributed by atoms with van der Waals surface area (Å²) >= 11 is 12.4. The highest BCUT2D eigenvalue weighted by Crippen LogP contribution is 2.37. The van der Waals surface area contributed by atoms with E-state index in [1.54, 1.807) is 31.2 Å². The van der Waals surface area contributed by atoms with Crippen molar-refractivity contribution in [3.05, 3.63) is 63.3 Å². The maximum atomic E-state index is 13.1. The largest absolute Gasteiger partial charge is 0.434 e. The number of nitrogens with zero attached hydrogens (tertiary/aromatic N) is 1. The summed E-state index contributed by atoms with van der Waals surface area (Å²) in [6, 6.07) is 9.14. The molecule has 1 heterocycles. The van der Waals surface area contributed by atoms with Gasteiger partial charge in [-0.25, -0.2) is 8.42 Å². The van der Waals surface area contributed by atoms with Crippen molar-refractivity contribution in [3.8, 4) is 5.75 Å². The van der Waals surface area contributed by atoms with Crippen molar-refractivity contribution in [1.82, 2.24) is 4.98 Å². The predicted molar refractivity (Wildman–Crippen MR) is 105 cm³/mol. The number of pyridine rings is 1. The molecule has 2 aromatic carbocycles. The van der Waals surface area contributed by atoms with Gasteiger partial charge in [-0.1, -0.05) is 35.3 Å². The average Bonchev–Trinajstić information content (AvgIpc) is 2.59. The molecule has 148 valence electrons. The zero-order valence-corrected chi connectivity index (χ0v) is 17.2. The van der Waals surface area contributed by atoms with Crippen LogP contribution in [0.2, 0.25) is 10.0 Å². The van der Waals surface area contributed by atoms with Gasteiger partial charge < -0.3 is 4.74 Å². The third-order valence-corrected chi connectivity index (χ3v) is 6.02. The van der Waals surface area contributed by atoms with E-state index in [-0.39, 0.29) is 22.1 Å². The van der Waals surface area contributed by atoms with Gasteiger partial charge in [0.25, 0.3) is 0 Å². The van der Waals surface area contributed by atoms with Crippen molar-refractivity contribution >= 4 is 43.9 Å². The molecule has 9 heteroatoms. The molecule has 1 aromatic heterocycles. The molecule has 0 saturated carbocycles. The molecule has 0 saturated heterocycles. The first-order valence-corrected chi connectivity index (χ1v) is 10.7. The molecule has 0 N–H and O–H groups in total. The minimum absolute atomic E-state index is 0.0248. The van der Waals surface area contributed by atoms with Gasteiger partial charge in [0, 0.05) is 34.3 Å². The van der Waals surface area contributed by atoms with Crippen LogP contribution in [0.25, 0.3) is 10.9 Å². The molecule has 28 heavy (non-hydrogen) atoms. The Morgan fingerprint density at radius 1 is 1.14 bits per heavy atom. The lowest BCUT2D eigenvalue weighted by Gasteiger charge is -2.17. The lowest BCUT2D eigenvalue weighted by Crippen LogP contribution is -2.08. The van der Waals surface area contributed by atoms with Crippen LogP contribution in [-0.2, 0) is 16.3 Å². The molecule has 4 nitrogen and oxygen atoms in total. The predicted octanol–water partition coefficient (Wildman–Crippen LogP) is 5.45. The van der Waals surface area contributed by atoms with E-state index >= 15 is 0 Å². The maximum Gasteiger partial charge on any atom is 0.387 e. The average molecular weight is 446 g/mol. The Labute approximate surface area is 171 Å². The lowest BCUT2D eigenvalue weighted by molar-refractivity contribution is -0.0493. The minimum atomic E-state index is -3.42. The number of hydrogen-bond acceptors (Lipinski definition) is 4. The van der Waals surface area contributed by atoms with Gasteiger partial charge in [0.05, 0.1) is 15.4 Å². The van der Waals surface area contributed by atoms with Gasteiger partial charge in [-0.15, -0.1) is 0 Å². The maximum absolute atomic E-state index is 13.1. The standard InChI is InChI=1S/C19H15Cl2F2NO3S/c1-10-14(8-11-6-7-12(9-16(11)21)28(2,25)26)18(27-19(22)23)13-4-3-5-15(20)17(13)24-10/h3-7,9,19H,8H2,1-2H3. The Morgan fingerprint density at radius 3 is 2.46 bits per heavy atom. The lowest BCUT2D eigenvalue weighted by atomic mass is 10.00. The highest BCUT2D eigenvalue weighted by atomic mass is 35.5. The molecule has 0 aliphatic carbocycles. The number of ether oxygens (including phenoxy) is 1. The van der Waals surface area contributed by atoms with Crippen LogP contribution in [0.3, 0.4) is 0 Å². The molecular formula is C19H15Cl2F2NO3S. The Balaban J connectivity index is 2.16. The Morgan fingerprint density at radius 2 is 1.86 bits per heavy atom. The Kier molecular flexibility index (Phi) is 5.79. The molecule has 0 fully saturated rings. The minimum Gasteiger partial charge on any atom is -0.434 e. The molecule has 0 aliphatic heterocycles. The summed E-state index contributed by atoms with van der Waals surface area (Å²) in [6.07, 6.45) is 1.21. The summed E-state index contributed by atoms with van der Waals surface area (Å²) < 4.78 is 54.4. The summed E-state index contributed by atoms with van der Waals surface area (Å²) in [5.74, 6) is -0.0248. The second-order valence-corrected chi connectivity index (χ2v) is 9.05. The first-order valence-electron chi connectivity index (χ1n) is 8.09. The molecule has 0 radical (unpaired) electrons. The van der Waals surface area contributed by atoms with E-state index in [9.17, 15) is 17.2 Å². The molecule has 0 spiro atoms. The number of fused-ring (bicyclic) bond motifs is 1. The van der Waals surface area contributed by atoms with Crippen LogP contribution in [0.15, 0.2) is 41.3 Å². The van der Waals surface area contributed by atoms with Crippen LogP contribution in [0.4, 0.5) is 8.78 Å². The number of alkyl halides is 2. The zero-order chi connectivity index (χ0) is 20.6. The van der Waals surface area contributed by atoms with Crippen LogP contribution < -0.4 is 4.74 Å². The fourth-order valence-corrected chi connectivity index (χ4v) is 4.07. The number of halogens is 4. The molecule has 0 bridgehead atoms. The smallest absolute Gasteiger partial charge is 0.387 e. The van der Waals surface area contributed by atoms with E-state index in [0.717, 1.165) is 6.26 Å². The van der Waals surface area contributed by atoms with Crippen LogP contribution in [-0.4, -0.2) is 26.3 Å².